The number of rotatable bonds is 5. The molecule has 0 bridgehead atoms. The van der Waals surface area contributed by atoms with Crippen LogP contribution < -0.4 is 5.32 Å². The zero-order chi connectivity index (χ0) is 15.5. The topological polar surface area (TPSA) is 50.1 Å². The predicted molar refractivity (Wildman–Crippen MR) is 80.1 cm³/mol. The van der Waals surface area contributed by atoms with Crippen molar-refractivity contribution < 1.29 is 9.50 Å². The van der Waals surface area contributed by atoms with Gasteiger partial charge in [0.2, 0.25) is 0 Å². The quantitative estimate of drug-likeness (QED) is 0.890. The minimum atomic E-state index is -0.368. The van der Waals surface area contributed by atoms with Gasteiger partial charge in [-0.1, -0.05) is 6.07 Å². The van der Waals surface area contributed by atoms with Crippen LogP contribution in [0.1, 0.15) is 37.5 Å². The molecule has 2 aromatic rings. The molecule has 0 radical (unpaired) electrons. The summed E-state index contributed by atoms with van der Waals surface area (Å²) in [7, 11) is 0. The van der Waals surface area contributed by atoms with E-state index >= 15 is 0 Å². The fourth-order valence-corrected chi connectivity index (χ4v) is 2.03. The molecule has 0 unspecified atom stereocenters. The summed E-state index contributed by atoms with van der Waals surface area (Å²) >= 11 is 0. The molecule has 0 fully saturated rings. The van der Waals surface area contributed by atoms with Crippen LogP contribution in [-0.4, -0.2) is 14.9 Å². The smallest absolute Gasteiger partial charge is 0.128 e. The number of benzene rings is 1. The van der Waals surface area contributed by atoms with Gasteiger partial charge in [0.15, 0.2) is 0 Å². The van der Waals surface area contributed by atoms with Crippen molar-refractivity contribution in [3.05, 3.63) is 53.1 Å². The zero-order valence-corrected chi connectivity index (χ0v) is 12.7. The van der Waals surface area contributed by atoms with Gasteiger partial charge in [-0.2, -0.15) is 5.10 Å². The van der Waals surface area contributed by atoms with E-state index in [1.807, 2.05) is 17.1 Å². The van der Waals surface area contributed by atoms with Crippen LogP contribution in [0, 0.1) is 5.82 Å². The number of nitrogens with one attached hydrogen (secondary N) is 1. The Morgan fingerprint density at radius 3 is 2.57 bits per heavy atom. The van der Waals surface area contributed by atoms with Crippen LogP contribution in [0.25, 0.3) is 0 Å². The van der Waals surface area contributed by atoms with Crippen molar-refractivity contribution in [2.45, 2.75) is 46.0 Å². The molecular weight excluding hydrogens is 269 g/mol. The Morgan fingerprint density at radius 1 is 1.24 bits per heavy atom. The maximum atomic E-state index is 13.3. The second kappa shape index (κ2) is 6.37. The van der Waals surface area contributed by atoms with Crippen LogP contribution in [0.5, 0.6) is 0 Å². The van der Waals surface area contributed by atoms with Crippen LogP contribution in [-0.2, 0) is 25.2 Å². The molecule has 0 atom stereocenters. The van der Waals surface area contributed by atoms with Crippen molar-refractivity contribution >= 4 is 0 Å². The lowest BCUT2D eigenvalue weighted by molar-refractivity contribution is 0.275. The van der Waals surface area contributed by atoms with E-state index in [1.54, 1.807) is 12.1 Å². The van der Waals surface area contributed by atoms with Gasteiger partial charge in [-0.25, -0.2) is 4.39 Å². The first-order chi connectivity index (χ1) is 9.90. The summed E-state index contributed by atoms with van der Waals surface area (Å²) in [5, 5.41) is 16.7. The zero-order valence-electron chi connectivity index (χ0n) is 12.7. The first kappa shape index (κ1) is 15.7. The molecule has 0 saturated heterocycles. The number of hydrogen-bond donors (Lipinski definition) is 2. The summed E-state index contributed by atoms with van der Waals surface area (Å²) in [6.07, 6.45) is 3.87. The third-order valence-corrected chi connectivity index (χ3v) is 3.26. The highest BCUT2D eigenvalue weighted by Crippen LogP contribution is 2.13. The van der Waals surface area contributed by atoms with Crippen molar-refractivity contribution in [1.82, 2.24) is 15.1 Å². The first-order valence-corrected chi connectivity index (χ1v) is 7.03. The van der Waals surface area contributed by atoms with E-state index in [2.05, 4.69) is 31.2 Å². The molecule has 21 heavy (non-hydrogen) atoms. The van der Waals surface area contributed by atoms with Gasteiger partial charge in [0.05, 0.1) is 18.3 Å². The van der Waals surface area contributed by atoms with E-state index in [4.69, 9.17) is 5.11 Å². The molecule has 2 rings (SSSR count). The second-order valence-electron chi connectivity index (χ2n) is 6.15. The van der Waals surface area contributed by atoms with E-state index in [-0.39, 0.29) is 18.0 Å². The molecule has 0 aliphatic heterocycles. The minimum Gasteiger partial charge on any atom is -0.392 e. The van der Waals surface area contributed by atoms with Gasteiger partial charge in [0.25, 0.3) is 0 Å². The largest absolute Gasteiger partial charge is 0.392 e. The molecule has 0 spiro atoms. The summed E-state index contributed by atoms with van der Waals surface area (Å²) in [5.41, 5.74) is 2.36. The third-order valence-electron chi connectivity index (χ3n) is 3.26. The van der Waals surface area contributed by atoms with Crippen LogP contribution in [0.15, 0.2) is 30.6 Å². The van der Waals surface area contributed by atoms with Crippen LogP contribution >= 0.6 is 0 Å². The minimum absolute atomic E-state index is 0.0226. The molecule has 0 amide bonds. The van der Waals surface area contributed by atoms with E-state index < -0.39 is 0 Å². The van der Waals surface area contributed by atoms with E-state index in [0.717, 1.165) is 11.1 Å². The van der Waals surface area contributed by atoms with Crippen molar-refractivity contribution in [3.8, 4) is 0 Å². The third kappa shape index (κ3) is 4.12. The van der Waals surface area contributed by atoms with Crippen molar-refractivity contribution in [3.63, 3.8) is 0 Å². The first-order valence-electron chi connectivity index (χ1n) is 7.03. The maximum absolute atomic E-state index is 13.3. The molecule has 4 nitrogen and oxygen atoms in total. The SMILES string of the molecule is CC(C)(C)n1cc(CNCc2ccc(F)c(CO)c2)cn1. The van der Waals surface area contributed by atoms with E-state index in [1.165, 1.54) is 6.07 Å². The summed E-state index contributed by atoms with van der Waals surface area (Å²) in [6.45, 7) is 7.35. The van der Waals surface area contributed by atoms with Gasteiger partial charge in [0, 0.05) is 30.4 Å². The molecule has 2 N–H and O–H groups in total. The highest BCUT2D eigenvalue weighted by Gasteiger charge is 2.13. The summed E-state index contributed by atoms with van der Waals surface area (Å²) in [5.74, 6) is -0.368. The number of aliphatic hydroxyl groups is 1. The van der Waals surface area contributed by atoms with Crippen LogP contribution in [0.2, 0.25) is 0 Å². The van der Waals surface area contributed by atoms with Gasteiger partial charge >= 0.3 is 0 Å². The lowest BCUT2D eigenvalue weighted by atomic mass is 10.1. The highest BCUT2D eigenvalue weighted by molar-refractivity contribution is 5.24. The average molecular weight is 291 g/mol. The summed E-state index contributed by atoms with van der Waals surface area (Å²) in [6, 6.07) is 4.79. The lowest BCUT2D eigenvalue weighted by Gasteiger charge is -2.18. The average Bonchev–Trinajstić information content (AvgIpc) is 2.89. The van der Waals surface area contributed by atoms with Crippen molar-refractivity contribution in [2.75, 3.05) is 0 Å². The predicted octanol–water partition coefficient (Wildman–Crippen LogP) is 2.56. The molecule has 0 saturated carbocycles. The lowest BCUT2D eigenvalue weighted by Crippen LogP contribution is -2.22. The number of nitrogens with zero attached hydrogens (tertiary/aromatic N) is 2. The van der Waals surface area contributed by atoms with Gasteiger partial charge in [0.1, 0.15) is 5.82 Å². The van der Waals surface area contributed by atoms with Gasteiger partial charge in [-0.05, 0) is 38.5 Å². The van der Waals surface area contributed by atoms with Gasteiger partial charge in [-0.3, -0.25) is 4.68 Å². The Bertz CT molecular complexity index is 602. The van der Waals surface area contributed by atoms with Gasteiger partial charge < -0.3 is 10.4 Å². The van der Waals surface area contributed by atoms with Crippen molar-refractivity contribution in [2.24, 2.45) is 0 Å². The summed E-state index contributed by atoms with van der Waals surface area (Å²) < 4.78 is 15.2. The molecule has 0 aliphatic carbocycles. The fourth-order valence-electron chi connectivity index (χ4n) is 2.03. The Hall–Kier alpha value is -1.72. The molecular formula is C16H22FN3O. The Kier molecular flexibility index (Phi) is 4.75. The molecule has 114 valence electrons. The van der Waals surface area contributed by atoms with E-state index in [0.29, 0.717) is 18.7 Å². The molecule has 1 heterocycles. The van der Waals surface area contributed by atoms with Crippen LogP contribution in [0.4, 0.5) is 4.39 Å². The number of aliphatic hydroxyl groups excluding tert-OH is 1. The number of aromatic nitrogens is 2. The highest BCUT2D eigenvalue weighted by atomic mass is 19.1. The van der Waals surface area contributed by atoms with Crippen LogP contribution in [0.3, 0.4) is 0 Å². The molecule has 0 aliphatic rings. The monoisotopic (exact) mass is 291 g/mol. The number of halogens is 1. The molecule has 5 heteroatoms. The van der Waals surface area contributed by atoms with Crippen molar-refractivity contribution in [1.29, 1.82) is 0 Å². The second-order valence-corrected chi connectivity index (χ2v) is 6.15. The molecule has 1 aromatic heterocycles. The Balaban J connectivity index is 1.91. The standard InChI is InChI=1S/C16H22FN3O/c1-16(2,3)20-10-13(9-19-20)8-18-7-12-4-5-15(17)14(6-12)11-21/h4-6,9-10,18,21H,7-8,11H2,1-3H3. The Labute approximate surface area is 124 Å². The summed E-state index contributed by atoms with van der Waals surface area (Å²) in [4.78, 5) is 0. The maximum Gasteiger partial charge on any atom is 0.128 e. The van der Waals surface area contributed by atoms with Gasteiger partial charge in [-0.15, -0.1) is 0 Å². The number of hydrogen-bond acceptors (Lipinski definition) is 3. The fraction of sp³-hybridized carbons (Fsp3) is 0.438. The van der Waals surface area contributed by atoms with E-state index in [9.17, 15) is 4.39 Å². The normalized spacial score (nSPS) is 11.9. The molecule has 1 aromatic carbocycles. The Morgan fingerprint density at radius 2 is 1.95 bits per heavy atom.